The predicted molar refractivity (Wildman–Crippen MR) is 88.6 cm³/mol. The van der Waals surface area contributed by atoms with Crippen molar-refractivity contribution < 1.29 is 13.2 Å². The molecule has 122 valence electrons. The van der Waals surface area contributed by atoms with E-state index in [0.29, 0.717) is 0 Å². The Morgan fingerprint density at radius 1 is 1.22 bits per heavy atom. The van der Waals surface area contributed by atoms with Crippen molar-refractivity contribution in [2.75, 3.05) is 5.75 Å². The SMILES string of the molecule is Cc1ccc(S(=O)(=O)CCC(=O)N[C@@H](C)c2cccnc2)cc1. The normalized spacial score (nSPS) is 12.6. The standard InChI is InChI=1S/C17H20N2O3S/c1-13-5-7-16(8-6-13)23(21,22)11-9-17(20)19-14(2)15-4-3-10-18-12-15/h3-8,10,12,14H,9,11H2,1-2H3,(H,19,20)/t14-/m0/s1. The van der Waals surface area contributed by atoms with Crippen LogP contribution in [-0.4, -0.2) is 25.1 Å². The molecule has 0 radical (unpaired) electrons. The van der Waals surface area contributed by atoms with Crippen molar-refractivity contribution in [2.45, 2.75) is 31.2 Å². The van der Waals surface area contributed by atoms with E-state index in [1.54, 1.807) is 42.7 Å². The van der Waals surface area contributed by atoms with E-state index >= 15 is 0 Å². The quantitative estimate of drug-likeness (QED) is 0.881. The lowest BCUT2D eigenvalue weighted by Gasteiger charge is -2.14. The number of benzene rings is 1. The summed E-state index contributed by atoms with van der Waals surface area (Å²) in [4.78, 5) is 16.2. The number of hydrogen-bond donors (Lipinski definition) is 1. The second-order valence-corrected chi connectivity index (χ2v) is 7.57. The van der Waals surface area contributed by atoms with Gasteiger partial charge in [-0.3, -0.25) is 9.78 Å². The van der Waals surface area contributed by atoms with Gasteiger partial charge in [-0.1, -0.05) is 23.8 Å². The lowest BCUT2D eigenvalue weighted by Crippen LogP contribution is -2.28. The lowest BCUT2D eigenvalue weighted by molar-refractivity contribution is -0.121. The fourth-order valence-electron chi connectivity index (χ4n) is 2.12. The first kappa shape index (κ1) is 17.1. The zero-order chi connectivity index (χ0) is 16.9. The molecule has 0 aliphatic carbocycles. The van der Waals surface area contributed by atoms with Gasteiger partial charge in [0.2, 0.25) is 5.91 Å². The van der Waals surface area contributed by atoms with Crippen molar-refractivity contribution in [1.82, 2.24) is 10.3 Å². The molecule has 23 heavy (non-hydrogen) atoms. The molecule has 1 N–H and O–H groups in total. The van der Waals surface area contributed by atoms with E-state index in [2.05, 4.69) is 10.3 Å². The second-order valence-electron chi connectivity index (χ2n) is 5.46. The van der Waals surface area contributed by atoms with E-state index < -0.39 is 9.84 Å². The van der Waals surface area contributed by atoms with Gasteiger partial charge in [-0.15, -0.1) is 0 Å². The summed E-state index contributed by atoms with van der Waals surface area (Å²) in [5.74, 6) is -0.501. The highest BCUT2D eigenvalue weighted by molar-refractivity contribution is 7.91. The molecule has 0 unspecified atom stereocenters. The number of amides is 1. The van der Waals surface area contributed by atoms with Gasteiger partial charge in [0.1, 0.15) is 0 Å². The summed E-state index contributed by atoms with van der Waals surface area (Å²) in [6, 6.07) is 10.1. The smallest absolute Gasteiger partial charge is 0.221 e. The molecule has 0 fully saturated rings. The van der Waals surface area contributed by atoms with Crippen molar-refractivity contribution in [2.24, 2.45) is 0 Å². The molecule has 1 amide bonds. The molecular formula is C17H20N2O3S. The summed E-state index contributed by atoms with van der Waals surface area (Å²) in [6.45, 7) is 3.73. The van der Waals surface area contributed by atoms with Crippen molar-refractivity contribution in [1.29, 1.82) is 0 Å². The maximum Gasteiger partial charge on any atom is 0.221 e. The van der Waals surface area contributed by atoms with Crippen LogP contribution in [0.2, 0.25) is 0 Å². The van der Waals surface area contributed by atoms with Crippen molar-refractivity contribution >= 4 is 15.7 Å². The van der Waals surface area contributed by atoms with E-state index in [0.717, 1.165) is 11.1 Å². The number of aryl methyl sites for hydroxylation is 1. The van der Waals surface area contributed by atoms with Crippen LogP contribution in [0.4, 0.5) is 0 Å². The topological polar surface area (TPSA) is 76.1 Å². The first-order valence-electron chi connectivity index (χ1n) is 7.37. The fraction of sp³-hybridized carbons (Fsp3) is 0.294. The third kappa shape index (κ3) is 4.89. The number of hydrogen-bond acceptors (Lipinski definition) is 4. The number of aromatic nitrogens is 1. The van der Waals surface area contributed by atoms with Gasteiger partial charge in [0.05, 0.1) is 16.7 Å². The van der Waals surface area contributed by atoms with E-state index in [1.165, 1.54) is 0 Å². The molecule has 0 saturated heterocycles. The fourth-order valence-corrected chi connectivity index (χ4v) is 3.36. The van der Waals surface area contributed by atoms with Crippen LogP contribution < -0.4 is 5.32 Å². The van der Waals surface area contributed by atoms with Gasteiger partial charge in [-0.05, 0) is 37.6 Å². The van der Waals surface area contributed by atoms with Gasteiger partial charge >= 0.3 is 0 Å². The minimum Gasteiger partial charge on any atom is -0.349 e. The number of rotatable bonds is 6. The molecule has 0 spiro atoms. The van der Waals surface area contributed by atoms with E-state index in [1.807, 2.05) is 19.9 Å². The van der Waals surface area contributed by atoms with Gasteiger partial charge in [0.25, 0.3) is 0 Å². The molecule has 1 atom stereocenters. The average Bonchev–Trinajstić information content (AvgIpc) is 2.54. The van der Waals surface area contributed by atoms with E-state index in [-0.39, 0.29) is 29.0 Å². The maximum absolute atomic E-state index is 12.2. The zero-order valence-electron chi connectivity index (χ0n) is 13.2. The molecule has 1 aromatic carbocycles. The minimum absolute atomic E-state index is 0.0686. The van der Waals surface area contributed by atoms with E-state index in [9.17, 15) is 13.2 Å². The molecule has 5 nitrogen and oxygen atoms in total. The average molecular weight is 332 g/mol. The maximum atomic E-state index is 12.2. The number of nitrogens with zero attached hydrogens (tertiary/aromatic N) is 1. The lowest BCUT2D eigenvalue weighted by atomic mass is 10.1. The Kier molecular flexibility index (Phi) is 5.50. The Labute approximate surface area is 136 Å². The predicted octanol–water partition coefficient (Wildman–Crippen LogP) is 2.43. The van der Waals surface area contributed by atoms with Gasteiger partial charge in [-0.25, -0.2) is 8.42 Å². The first-order chi connectivity index (χ1) is 10.9. The van der Waals surface area contributed by atoms with Crippen LogP contribution in [0.3, 0.4) is 0 Å². The van der Waals surface area contributed by atoms with Gasteiger partial charge in [0.15, 0.2) is 9.84 Å². The highest BCUT2D eigenvalue weighted by Crippen LogP contribution is 2.14. The van der Waals surface area contributed by atoms with Crippen molar-refractivity contribution in [3.05, 3.63) is 59.9 Å². The zero-order valence-corrected chi connectivity index (χ0v) is 14.0. The molecule has 0 bridgehead atoms. The van der Waals surface area contributed by atoms with Crippen LogP contribution in [-0.2, 0) is 14.6 Å². The number of carbonyl (C=O) groups excluding carboxylic acids is 1. The Bertz CT molecular complexity index is 756. The minimum atomic E-state index is -3.45. The Balaban J connectivity index is 1.92. The summed E-state index contributed by atoms with van der Waals surface area (Å²) in [5.41, 5.74) is 1.87. The molecule has 6 heteroatoms. The number of carbonyl (C=O) groups is 1. The van der Waals surface area contributed by atoms with Crippen LogP contribution >= 0.6 is 0 Å². The second kappa shape index (κ2) is 7.37. The van der Waals surface area contributed by atoms with Crippen LogP contribution in [0.1, 0.15) is 30.5 Å². The van der Waals surface area contributed by atoms with Crippen LogP contribution in [0.25, 0.3) is 0 Å². The number of sulfone groups is 1. The van der Waals surface area contributed by atoms with Crippen LogP contribution in [0.5, 0.6) is 0 Å². The summed E-state index contributed by atoms with van der Waals surface area (Å²) in [7, 11) is -3.45. The largest absolute Gasteiger partial charge is 0.349 e. The summed E-state index contributed by atoms with van der Waals surface area (Å²) in [5, 5.41) is 2.79. The van der Waals surface area contributed by atoms with Gasteiger partial charge < -0.3 is 5.32 Å². The first-order valence-corrected chi connectivity index (χ1v) is 9.02. The number of pyridine rings is 1. The van der Waals surface area contributed by atoms with E-state index in [4.69, 9.17) is 0 Å². The van der Waals surface area contributed by atoms with Gasteiger partial charge in [0, 0.05) is 18.8 Å². The molecule has 0 aliphatic heterocycles. The molecule has 2 rings (SSSR count). The Morgan fingerprint density at radius 2 is 1.91 bits per heavy atom. The third-order valence-electron chi connectivity index (χ3n) is 3.54. The third-order valence-corrected chi connectivity index (χ3v) is 5.27. The highest BCUT2D eigenvalue weighted by Gasteiger charge is 2.17. The summed E-state index contributed by atoms with van der Waals surface area (Å²) >= 11 is 0. The monoisotopic (exact) mass is 332 g/mol. The van der Waals surface area contributed by atoms with Gasteiger partial charge in [-0.2, -0.15) is 0 Å². The highest BCUT2D eigenvalue weighted by atomic mass is 32.2. The molecule has 0 saturated carbocycles. The molecule has 0 aliphatic rings. The number of nitrogens with one attached hydrogen (secondary N) is 1. The Morgan fingerprint density at radius 3 is 2.52 bits per heavy atom. The molecule has 2 aromatic rings. The summed E-state index contributed by atoms with van der Waals surface area (Å²) < 4.78 is 24.4. The van der Waals surface area contributed by atoms with Crippen LogP contribution in [0.15, 0.2) is 53.7 Å². The van der Waals surface area contributed by atoms with Crippen LogP contribution in [0, 0.1) is 6.92 Å². The molecular weight excluding hydrogens is 312 g/mol. The summed E-state index contributed by atoms with van der Waals surface area (Å²) in [6.07, 6.45) is 3.26. The molecule has 1 aromatic heterocycles. The Hall–Kier alpha value is -2.21. The van der Waals surface area contributed by atoms with Crippen molar-refractivity contribution in [3.8, 4) is 0 Å². The van der Waals surface area contributed by atoms with Crippen molar-refractivity contribution in [3.63, 3.8) is 0 Å². The molecule has 1 heterocycles.